The molecule has 1 aliphatic heterocycles. The first-order chi connectivity index (χ1) is 11.2. The fraction of sp³-hybridized carbons (Fsp3) is 0.500. The molecule has 6 heteroatoms. The molecule has 1 aliphatic rings. The number of cyclic esters (lactones) is 1. The molecule has 2 rings (SSSR count). The van der Waals surface area contributed by atoms with Crippen LogP contribution in [0.15, 0.2) is 30.3 Å². The molecule has 1 heterocycles. The van der Waals surface area contributed by atoms with Crippen LogP contribution in [0.3, 0.4) is 0 Å². The lowest BCUT2D eigenvalue weighted by molar-refractivity contribution is -0.159. The molecular weight excluding hydrogens is 310 g/mol. The van der Waals surface area contributed by atoms with Gasteiger partial charge in [-0.05, 0) is 17.4 Å². The third kappa shape index (κ3) is 4.34. The Kier molecular flexibility index (Phi) is 5.26. The molecule has 0 aliphatic carbocycles. The van der Waals surface area contributed by atoms with Crippen molar-refractivity contribution in [2.45, 2.75) is 46.3 Å². The topological polar surface area (TPSA) is 72.9 Å². The highest BCUT2D eigenvalue weighted by molar-refractivity contribution is 5.96. The summed E-state index contributed by atoms with van der Waals surface area (Å²) in [6.07, 6.45) is -1.41. The van der Waals surface area contributed by atoms with Crippen LogP contribution in [0.25, 0.3) is 0 Å². The maximum Gasteiger partial charge on any atom is 0.417 e. The minimum atomic E-state index is -1.01. The van der Waals surface area contributed by atoms with Crippen molar-refractivity contribution >= 4 is 18.0 Å². The molecule has 0 N–H and O–H groups in total. The van der Waals surface area contributed by atoms with Gasteiger partial charge in [-0.3, -0.25) is 9.59 Å². The van der Waals surface area contributed by atoms with Crippen molar-refractivity contribution in [3.63, 3.8) is 0 Å². The van der Waals surface area contributed by atoms with Crippen LogP contribution >= 0.6 is 0 Å². The smallest absolute Gasteiger partial charge is 0.417 e. The molecule has 0 saturated carbocycles. The summed E-state index contributed by atoms with van der Waals surface area (Å²) < 4.78 is 10.3. The van der Waals surface area contributed by atoms with Crippen molar-refractivity contribution in [2.75, 3.05) is 6.61 Å². The Morgan fingerprint density at radius 3 is 2.46 bits per heavy atom. The Balaban J connectivity index is 2.28. The van der Waals surface area contributed by atoms with Crippen LogP contribution in [0.4, 0.5) is 4.79 Å². The molecule has 1 saturated heterocycles. The zero-order chi connectivity index (χ0) is 17.9. The summed E-state index contributed by atoms with van der Waals surface area (Å²) in [6, 6.07) is 8.67. The van der Waals surface area contributed by atoms with Crippen molar-refractivity contribution in [3.05, 3.63) is 35.9 Å². The molecule has 1 fully saturated rings. The molecule has 6 nitrogen and oxygen atoms in total. The van der Waals surface area contributed by atoms with Gasteiger partial charge < -0.3 is 9.47 Å². The number of amides is 2. The van der Waals surface area contributed by atoms with E-state index in [0.717, 1.165) is 10.5 Å². The van der Waals surface area contributed by atoms with Gasteiger partial charge in [0.05, 0.1) is 0 Å². The van der Waals surface area contributed by atoms with Crippen LogP contribution in [0.2, 0.25) is 0 Å². The van der Waals surface area contributed by atoms with Gasteiger partial charge in [0.2, 0.25) is 0 Å². The number of nitrogens with zero attached hydrogens (tertiary/aromatic N) is 1. The largest absolute Gasteiger partial charge is 0.452 e. The molecule has 24 heavy (non-hydrogen) atoms. The van der Waals surface area contributed by atoms with Gasteiger partial charge in [-0.25, -0.2) is 9.69 Å². The summed E-state index contributed by atoms with van der Waals surface area (Å²) in [5, 5.41) is 0. The van der Waals surface area contributed by atoms with Gasteiger partial charge in [0.1, 0.15) is 12.6 Å². The first-order valence-corrected chi connectivity index (χ1v) is 7.91. The van der Waals surface area contributed by atoms with Crippen molar-refractivity contribution < 1.29 is 23.9 Å². The lowest BCUT2D eigenvalue weighted by Crippen LogP contribution is -2.44. The number of rotatable bonds is 4. The zero-order valence-electron chi connectivity index (χ0n) is 14.4. The van der Waals surface area contributed by atoms with E-state index in [1.807, 2.05) is 51.1 Å². The van der Waals surface area contributed by atoms with Crippen molar-refractivity contribution in [2.24, 2.45) is 5.41 Å². The highest BCUT2D eigenvalue weighted by Crippen LogP contribution is 2.31. The summed E-state index contributed by atoms with van der Waals surface area (Å²) >= 11 is 0. The highest BCUT2D eigenvalue weighted by Gasteiger charge is 2.43. The van der Waals surface area contributed by atoms with Crippen molar-refractivity contribution in [3.8, 4) is 0 Å². The standard InChI is InChI=1S/C18H23NO5/c1-12(20)24-15(10-18(2,3)4)16(21)19-14(11-23-17(19)22)13-8-6-5-7-9-13/h5-9,14-15H,10-11H2,1-4H3/t14-,15-/m0/s1. The van der Waals surface area contributed by atoms with Gasteiger partial charge in [0, 0.05) is 6.92 Å². The van der Waals surface area contributed by atoms with Gasteiger partial charge >= 0.3 is 12.1 Å². The molecule has 2 atom stereocenters. The van der Waals surface area contributed by atoms with Crippen LogP contribution in [0.1, 0.15) is 45.7 Å². The maximum atomic E-state index is 12.9. The molecule has 0 aromatic heterocycles. The number of imide groups is 1. The lowest BCUT2D eigenvalue weighted by atomic mass is 9.88. The summed E-state index contributed by atoms with van der Waals surface area (Å²) in [6.45, 7) is 7.16. The molecule has 1 aromatic rings. The minimum absolute atomic E-state index is 0.0941. The van der Waals surface area contributed by atoms with Gasteiger partial charge in [0.25, 0.3) is 5.91 Å². The third-order valence-electron chi connectivity index (χ3n) is 3.68. The van der Waals surface area contributed by atoms with Gasteiger partial charge in [-0.15, -0.1) is 0 Å². The predicted octanol–water partition coefficient (Wildman–Crippen LogP) is 3.07. The summed E-state index contributed by atoms with van der Waals surface area (Å²) in [5.41, 5.74) is 0.552. The van der Waals surface area contributed by atoms with Gasteiger partial charge in [-0.1, -0.05) is 51.1 Å². The molecule has 0 spiro atoms. The number of hydrogen-bond acceptors (Lipinski definition) is 5. The summed E-state index contributed by atoms with van der Waals surface area (Å²) in [5.74, 6) is -1.10. The highest BCUT2D eigenvalue weighted by atomic mass is 16.6. The van der Waals surface area contributed by atoms with E-state index in [4.69, 9.17) is 9.47 Å². The van der Waals surface area contributed by atoms with Crippen LogP contribution in [-0.2, 0) is 19.1 Å². The number of carbonyl (C=O) groups is 3. The molecule has 1 aromatic carbocycles. The summed E-state index contributed by atoms with van der Waals surface area (Å²) in [4.78, 5) is 37.4. The quantitative estimate of drug-likeness (QED) is 0.792. The number of ether oxygens (including phenoxy) is 2. The molecular formula is C18H23NO5. The van der Waals surface area contributed by atoms with Crippen molar-refractivity contribution in [1.29, 1.82) is 0 Å². The Morgan fingerprint density at radius 2 is 1.92 bits per heavy atom. The van der Waals surface area contributed by atoms with Gasteiger partial charge in [-0.2, -0.15) is 0 Å². The van der Waals surface area contributed by atoms with E-state index in [2.05, 4.69) is 0 Å². The Labute approximate surface area is 141 Å². The van der Waals surface area contributed by atoms with E-state index in [0.29, 0.717) is 6.42 Å². The second-order valence-electron chi connectivity index (χ2n) is 7.07. The van der Waals surface area contributed by atoms with Crippen LogP contribution < -0.4 is 0 Å². The predicted molar refractivity (Wildman–Crippen MR) is 87.0 cm³/mol. The minimum Gasteiger partial charge on any atom is -0.452 e. The Morgan fingerprint density at radius 1 is 1.29 bits per heavy atom. The van der Waals surface area contributed by atoms with E-state index in [1.54, 1.807) is 0 Å². The normalized spacial score (nSPS) is 18.9. The first-order valence-electron chi connectivity index (χ1n) is 7.91. The first kappa shape index (κ1) is 18.0. The van der Waals surface area contributed by atoms with E-state index in [1.165, 1.54) is 6.92 Å². The maximum absolute atomic E-state index is 12.9. The zero-order valence-corrected chi connectivity index (χ0v) is 14.4. The number of esters is 1. The number of hydrogen-bond donors (Lipinski definition) is 0. The number of benzene rings is 1. The summed E-state index contributed by atoms with van der Waals surface area (Å²) in [7, 11) is 0. The Hall–Kier alpha value is -2.37. The fourth-order valence-corrected chi connectivity index (χ4v) is 2.68. The Bertz CT molecular complexity index is 620. The third-order valence-corrected chi connectivity index (χ3v) is 3.68. The molecule has 130 valence electrons. The second-order valence-corrected chi connectivity index (χ2v) is 7.07. The van der Waals surface area contributed by atoms with E-state index in [-0.39, 0.29) is 12.0 Å². The lowest BCUT2D eigenvalue weighted by Gasteiger charge is -2.28. The van der Waals surface area contributed by atoms with E-state index >= 15 is 0 Å². The molecule has 0 radical (unpaired) electrons. The van der Waals surface area contributed by atoms with Crippen LogP contribution in [-0.4, -0.2) is 35.6 Å². The fourth-order valence-electron chi connectivity index (χ4n) is 2.68. The van der Waals surface area contributed by atoms with Crippen LogP contribution in [0.5, 0.6) is 0 Å². The molecule has 0 unspecified atom stereocenters. The monoisotopic (exact) mass is 333 g/mol. The number of carbonyl (C=O) groups excluding carboxylic acids is 3. The molecule has 0 bridgehead atoms. The SMILES string of the molecule is CC(=O)O[C@@H](CC(C)(C)C)C(=O)N1C(=O)OC[C@H]1c1ccccc1. The van der Waals surface area contributed by atoms with E-state index < -0.39 is 30.1 Å². The average Bonchev–Trinajstić information content (AvgIpc) is 2.86. The van der Waals surface area contributed by atoms with Crippen molar-refractivity contribution in [1.82, 2.24) is 4.90 Å². The molecule has 2 amide bonds. The van der Waals surface area contributed by atoms with E-state index in [9.17, 15) is 14.4 Å². The average molecular weight is 333 g/mol. The van der Waals surface area contributed by atoms with Gasteiger partial charge in [0.15, 0.2) is 6.10 Å². The second kappa shape index (κ2) is 7.03. The van der Waals surface area contributed by atoms with Crippen LogP contribution in [0, 0.1) is 5.41 Å².